The van der Waals surface area contributed by atoms with Crippen LogP contribution in [-0.2, 0) is 0 Å². The zero-order chi connectivity index (χ0) is 14.5. The molecule has 1 atom stereocenters. The molecule has 0 amide bonds. The van der Waals surface area contributed by atoms with Crippen LogP contribution in [0.15, 0.2) is 30.6 Å². The van der Waals surface area contributed by atoms with Crippen molar-refractivity contribution in [2.24, 2.45) is 0 Å². The fraction of sp³-hybridized carbons (Fsp3) is 0.412. The highest BCUT2D eigenvalue weighted by molar-refractivity contribution is 5.35. The summed E-state index contributed by atoms with van der Waals surface area (Å²) in [4.78, 5) is 8.91. The van der Waals surface area contributed by atoms with Crippen molar-refractivity contribution in [1.29, 1.82) is 0 Å². The average Bonchev–Trinajstić information content (AvgIpc) is 2.45. The summed E-state index contributed by atoms with van der Waals surface area (Å²) in [5, 5.41) is 3.57. The normalized spacial score (nSPS) is 12.4. The largest absolute Gasteiger partial charge is 0.305 e. The van der Waals surface area contributed by atoms with Crippen molar-refractivity contribution >= 4 is 0 Å². The number of aryl methyl sites for hydroxylation is 3. The number of aromatic nitrogens is 2. The SMILES string of the molecule is CCCNC(c1ccc(C)c(C)c1)c1cnc(C)cn1. The van der Waals surface area contributed by atoms with Crippen LogP contribution < -0.4 is 5.32 Å². The number of hydrogen-bond donors (Lipinski definition) is 1. The second-order valence-electron chi connectivity index (χ2n) is 5.31. The molecule has 1 heterocycles. The predicted octanol–water partition coefficient (Wildman–Crippen LogP) is 3.49. The van der Waals surface area contributed by atoms with E-state index in [2.05, 4.69) is 54.3 Å². The first kappa shape index (κ1) is 14.7. The fourth-order valence-corrected chi connectivity index (χ4v) is 2.18. The summed E-state index contributed by atoms with van der Waals surface area (Å²) in [6.07, 6.45) is 4.80. The van der Waals surface area contributed by atoms with E-state index in [4.69, 9.17) is 0 Å². The van der Waals surface area contributed by atoms with Gasteiger partial charge in [-0.25, -0.2) is 0 Å². The van der Waals surface area contributed by atoms with Gasteiger partial charge in [0.05, 0.1) is 23.6 Å². The molecule has 3 nitrogen and oxygen atoms in total. The quantitative estimate of drug-likeness (QED) is 0.903. The molecule has 0 saturated carbocycles. The monoisotopic (exact) mass is 269 g/mol. The molecular weight excluding hydrogens is 246 g/mol. The molecule has 0 aliphatic rings. The molecule has 2 aromatic rings. The van der Waals surface area contributed by atoms with Gasteiger partial charge in [0.15, 0.2) is 0 Å². The number of rotatable bonds is 5. The second kappa shape index (κ2) is 6.62. The minimum atomic E-state index is 0.113. The van der Waals surface area contributed by atoms with Crippen LogP contribution in [0.1, 0.15) is 47.5 Å². The molecule has 1 N–H and O–H groups in total. The Hall–Kier alpha value is -1.74. The van der Waals surface area contributed by atoms with E-state index in [1.54, 1.807) is 0 Å². The van der Waals surface area contributed by atoms with Crippen LogP contribution in [0.5, 0.6) is 0 Å². The summed E-state index contributed by atoms with van der Waals surface area (Å²) in [5.41, 5.74) is 5.80. The van der Waals surface area contributed by atoms with Crippen LogP contribution >= 0.6 is 0 Å². The van der Waals surface area contributed by atoms with Gasteiger partial charge in [-0.15, -0.1) is 0 Å². The number of nitrogens with zero attached hydrogens (tertiary/aromatic N) is 2. The molecule has 0 spiro atoms. The van der Waals surface area contributed by atoms with Gasteiger partial charge in [-0.3, -0.25) is 9.97 Å². The van der Waals surface area contributed by atoms with Crippen molar-refractivity contribution in [3.8, 4) is 0 Å². The lowest BCUT2D eigenvalue weighted by Gasteiger charge is -2.19. The molecule has 1 aromatic carbocycles. The van der Waals surface area contributed by atoms with Crippen LogP contribution in [0.4, 0.5) is 0 Å². The topological polar surface area (TPSA) is 37.8 Å². The van der Waals surface area contributed by atoms with Gasteiger partial charge in [-0.1, -0.05) is 25.1 Å². The van der Waals surface area contributed by atoms with Crippen LogP contribution in [0, 0.1) is 20.8 Å². The molecule has 1 aromatic heterocycles. The van der Waals surface area contributed by atoms with Gasteiger partial charge < -0.3 is 5.32 Å². The van der Waals surface area contributed by atoms with Crippen molar-refractivity contribution in [3.05, 3.63) is 58.7 Å². The fourth-order valence-electron chi connectivity index (χ4n) is 2.18. The maximum Gasteiger partial charge on any atom is 0.0801 e. The summed E-state index contributed by atoms with van der Waals surface area (Å²) >= 11 is 0. The molecule has 2 rings (SSSR count). The van der Waals surface area contributed by atoms with Gasteiger partial charge in [-0.2, -0.15) is 0 Å². The number of hydrogen-bond acceptors (Lipinski definition) is 3. The van der Waals surface area contributed by atoms with Gasteiger partial charge in [0.25, 0.3) is 0 Å². The minimum Gasteiger partial charge on any atom is -0.305 e. The summed E-state index contributed by atoms with van der Waals surface area (Å²) in [7, 11) is 0. The Bertz CT molecular complexity index is 561. The number of benzene rings is 1. The zero-order valence-corrected chi connectivity index (χ0v) is 12.8. The lowest BCUT2D eigenvalue weighted by atomic mass is 9.99. The maximum absolute atomic E-state index is 4.53. The minimum absolute atomic E-state index is 0.113. The third kappa shape index (κ3) is 3.42. The first-order chi connectivity index (χ1) is 9.61. The lowest BCUT2D eigenvalue weighted by Crippen LogP contribution is -2.24. The molecule has 0 fully saturated rings. The van der Waals surface area contributed by atoms with Gasteiger partial charge in [0.2, 0.25) is 0 Å². The first-order valence-corrected chi connectivity index (χ1v) is 7.21. The van der Waals surface area contributed by atoms with E-state index in [0.29, 0.717) is 0 Å². The zero-order valence-electron chi connectivity index (χ0n) is 12.8. The van der Waals surface area contributed by atoms with E-state index in [-0.39, 0.29) is 6.04 Å². The summed E-state index contributed by atoms with van der Waals surface area (Å²) in [6, 6.07) is 6.70. The highest BCUT2D eigenvalue weighted by Crippen LogP contribution is 2.22. The summed E-state index contributed by atoms with van der Waals surface area (Å²) < 4.78 is 0. The van der Waals surface area contributed by atoms with Crippen molar-refractivity contribution in [2.45, 2.75) is 40.2 Å². The van der Waals surface area contributed by atoms with E-state index in [9.17, 15) is 0 Å². The predicted molar refractivity (Wildman–Crippen MR) is 82.8 cm³/mol. The molecule has 0 radical (unpaired) electrons. The van der Waals surface area contributed by atoms with E-state index in [0.717, 1.165) is 24.4 Å². The highest BCUT2D eigenvalue weighted by atomic mass is 14.9. The number of nitrogens with one attached hydrogen (secondary N) is 1. The molecule has 0 aliphatic heterocycles. The molecular formula is C17H23N3. The van der Waals surface area contributed by atoms with E-state index in [1.165, 1.54) is 16.7 Å². The molecule has 106 valence electrons. The first-order valence-electron chi connectivity index (χ1n) is 7.21. The molecule has 0 aliphatic carbocycles. The van der Waals surface area contributed by atoms with Gasteiger partial charge in [0, 0.05) is 6.20 Å². The molecule has 3 heteroatoms. The van der Waals surface area contributed by atoms with Crippen molar-refractivity contribution < 1.29 is 0 Å². The second-order valence-corrected chi connectivity index (χ2v) is 5.31. The van der Waals surface area contributed by atoms with Crippen molar-refractivity contribution in [2.75, 3.05) is 6.54 Å². The highest BCUT2D eigenvalue weighted by Gasteiger charge is 2.15. The van der Waals surface area contributed by atoms with Crippen molar-refractivity contribution in [1.82, 2.24) is 15.3 Å². The Labute approximate surface area is 121 Å². The Morgan fingerprint density at radius 3 is 2.45 bits per heavy atom. The Balaban J connectivity index is 2.35. The van der Waals surface area contributed by atoms with E-state index in [1.807, 2.05) is 19.3 Å². The third-order valence-electron chi connectivity index (χ3n) is 3.56. The lowest BCUT2D eigenvalue weighted by molar-refractivity contribution is 0.583. The van der Waals surface area contributed by atoms with Gasteiger partial charge in [-0.05, 0) is 50.4 Å². The molecule has 0 bridgehead atoms. The van der Waals surface area contributed by atoms with Crippen LogP contribution in [0.3, 0.4) is 0 Å². The summed E-state index contributed by atoms with van der Waals surface area (Å²) in [5.74, 6) is 0. The smallest absolute Gasteiger partial charge is 0.0801 e. The van der Waals surface area contributed by atoms with Crippen LogP contribution in [-0.4, -0.2) is 16.5 Å². The Morgan fingerprint density at radius 1 is 1.05 bits per heavy atom. The third-order valence-corrected chi connectivity index (χ3v) is 3.56. The van der Waals surface area contributed by atoms with Gasteiger partial charge in [0.1, 0.15) is 0 Å². The van der Waals surface area contributed by atoms with Crippen LogP contribution in [0.2, 0.25) is 0 Å². The molecule has 0 saturated heterocycles. The summed E-state index contributed by atoms with van der Waals surface area (Å²) in [6.45, 7) is 9.38. The molecule has 20 heavy (non-hydrogen) atoms. The maximum atomic E-state index is 4.53. The average molecular weight is 269 g/mol. The Kier molecular flexibility index (Phi) is 4.85. The van der Waals surface area contributed by atoms with E-state index < -0.39 is 0 Å². The van der Waals surface area contributed by atoms with Crippen LogP contribution in [0.25, 0.3) is 0 Å². The Morgan fingerprint density at radius 2 is 1.85 bits per heavy atom. The van der Waals surface area contributed by atoms with E-state index >= 15 is 0 Å². The molecule has 1 unspecified atom stereocenters. The van der Waals surface area contributed by atoms with Crippen molar-refractivity contribution in [3.63, 3.8) is 0 Å². The standard InChI is InChI=1S/C17H23N3/c1-5-8-18-17(16-11-19-14(4)10-20-16)15-7-6-12(2)13(3)9-15/h6-7,9-11,17-18H,5,8H2,1-4H3. The van der Waals surface area contributed by atoms with Gasteiger partial charge >= 0.3 is 0 Å².